The third kappa shape index (κ3) is 4.40. The summed E-state index contributed by atoms with van der Waals surface area (Å²) < 4.78 is 4.49. The van der Waals surface area contributed by atoms with Gasteiger partial charge in [-0.25, -0.2) is 4.79 Å². The lowest BCUT2D eigenvalue weighted by atomic mass is 10.3. The summed E-state index contributed by atoms with van der Waals surface area (Å²) in [6, 6.07) is 0. The van der Waals surface area contributed by atoms with Crippen LogP contribution in [0, 0.1) is 12.3 Å². The zero-order valence-electron chi connectivity index (χ0n) is 9.54. The van der Waals surface area contributed by atoms with Crippen LogP contribution in [0.2, 0.25) is 0 Å². The maximum absolute atomic E-state index is 11.9. The van der Waals surface area contributed by atoms with Crippen molar-refractivity contribution in [1.29, 1.82) is 0 Å². The fraction of sp³-hybridized carbons (Fsp3) is 0.727. The van der Waals surface area contributed by atoms with Crippen molar-refractivity contribution in [3.05, 3.63) is 0 Å². The molecule has 0 rings (SSSR count). The zero-order chi connectivity index (χ0) is 11.7. The summed E-state index contributed by atoms with van der Waals surface area (Å²) in [5.74, 6) is 4.09. The number of esters is 1. The first-order valence-corrected chi connectivity index (χ1v) is 7.02. The molecule has 0 aromatic heterocycles. The van der Waals surface area contributed by atoms with E-state index in [1.165, 1.54) is 0 Å². The molecule has 0 aliphatic heterocycles. The number of ether oxygens (including phenoxy) is 1. The molecule has 0 fully saturated rings. The molecule has 0 atom stereocenters. The van der Waals surface area contributed by atoms with Gasteiger partial charge in [0.15, 0.2) is 4.08 Å². The third-order valence-corrected chi connectivity index (χ3v) is 4.52. The minimum Gasteiger partial charge on any atom is -0.464 e. The average Bonchev–Trinajstić information content (AvgIpc) is 2.19. The highest BCUT2D eigenvalue weighted by molar-refractivity contribution is 8.19. The fourth-order valence-electron chi connectivity index (χ4n) is 1.18. The van der Waals surface area contributed by atoms with Gasteiger partial charge in [0.05, 0.1) is 6.61 Å². The van der Waals surface area contributed by atoms with E-state index in [-0.39, 0.29) is 5.97 Å². The molecule has 0 aromatic rings. The van der Waals surface area contributed by atoms with Crippen LogP contribution in [-0.2, 0) is 9.53 Å². The first kappa shape index (κ1) is 14.7. The number of thioether (sulfide) groups is 2. The molecule has 4 heteroatoms. The van der Waals surface area contributed by atoms with Crippen LogP contribution in [0.3, 0.4) is 0 Å². The molecule has 0 spiro atoms. The van der Waals surface area contributed by atoms with Crippen LogP contribution in [0.4, 0.5) is 0 Å². The van der Waals surface area contributed by atoms with E-state index in [1.54, 1.807) is 23.5 Å². The first-order valence-electron chi connectivity index (χ1n) is 5.05. The van der Waals surface area contributed by atoms with Crippen LogP contribution in [0.5, 0.6) is 0 Å². The number of carbonyl (C=O) groups is 1. The summed E-state index contributed by atoms with van der Waals surface area (Å²) in [6.45, 7) is 6.25. The lowest BCUT2D eigenvalue weighted by molar-refractivity contribution is -0.143. The SMILES string of the molecule is C#CCC(SCC)(SCC)C(=O)OCC. The summed E-state index contributed by atoms with van der Waals surface area (Å²) in [5, 5.41) is 0. The minimum atomic E-state index is -0.603. The van der Waals surface area contributed by atoms with Crippen molar-refractivity contribution in [2.45, 2.75) is 31.3 Å². The van der Waals surface area contributed by atoms with Gasteiger partial charge in [-0.15, -0.1) is 35.9 Å². The van der Waals surface area contributed by atoms with Gasteiger partial charge in [0.2, 0.25) is 0 Å². The van der Waals surface area contributed by atoms with Crippen molar-refractivity contribution in [2.75, 3.05) is 18.1 Å². The van der Waals surface area contributed by atoms with Crippen LogP contribution >= 0.6 is 23.5 Å². The molecular weight excluding hydrogens is 228 g/mol. The Bertz CT molecular complexity index is 227. The van der Waals surface area contributed by atoms with Gasteiger partial charge in [0.1, 0.15) is 0 Å². The highest BCUT2D eigenvalue weighted by atomic mass is 32.2. The maximum atomic E-state index is 11.9. The topological polar surface area (TPSA) is 26.3 Å². The van der Waals surface area contributed by atoms with E-state index < -0.39 is 4.08 Å². The number of hydrogen-bond donors (Lipinski definition) is 0. The lowest BCUT2D eigenvalue weighted by Crippen LogP contribution is -2.34. The van der Waals surface area contributed by atoms with E-state index in [9.17, 15) is 4.79 Å². The Labute approximate surface area is 101 Å². The number of rotatable bonds is 7. The monoisotopic (exact) mass is 246 g/mol. The second-order valence-electron chi connectivity index (χ2n) is 2.72. The molecule has 15 heavy (non-hydrogen) atoms. The van der Waals surface area contributed by atoms with Gasteiger partial charge in [0, 0.05) is 6.42 Å². The predicted molar refractivity (Wildman–Crippen MR) is 69.1 cm³/mol. The predicted octanol–water partition coefficient (Wildman–Crippen LogP) is 2.78. The smallest absolute Gasteiger partial charge is 0.333 e. The quantitative estimate of drug-likeness (QED) is 0.392. The van der Waals surface area contributed by atoms with Gasteiger partial charge in [-0.05, 0) is 18.4 Å². The Kier molecular flexibility index (Phi) is 7.81. The molecule has 0 radical (unpaired) electrons. The number of carbonyl (C=O) groups excluding carboxylic acids is 1. The van der Waals surface area contributed by atoms with Crippen molar-refractivity contribution in [1.82, 2.24) is 0 Å². The number of terminal acetylenes is 1. The van der Waals surface area contributed by atoms with Crippen molar-refractivity contribution < 1.29 is 9.53 Å². The summed E-state index contributed by atoms with van der Waals surface area (Å²) >= 11 is 3.13. The maximum Gasteiger partial charge on any atom is 0.333 e. The van der Waals surface area contributed by atoms with Gasteiger partial charge in [0.25, 0.3) is 0 Å². The highest BCUT2D eigenvalue weighted by Crippen LogP contribution is 2.41. The molecule has 0 aromatic carbocycles. The highest BCUT2D eigenvalue weighted by Gasteiger charge is 2.39. The average molecular weight is 246 g/mol. The van der Waals surface area contributed by atoms with E-state index in [0.717, 1.165) is 11.5 Å². The van der Waals surface area contributed by atoms with E-state index >= 15 is 0 Å². The van der Waals surface area contributed by atoms with Crippen molar-refractivity contribution in [3.8, 4) is 12.3 Å². The fourth-order valence-corrected chi connectivity index (χ4v) is 3.87. The Morgan fingerprint density at radius 1 is 1.33 bits per heavy atom. The van der Waals surface area contributed by atoms with Gasteiger partial charge in [-0.2, -0.15) is 0 Å². The Morgan fingerprint density at radius 2 is 1.87 bits per heavy atom. The third-order valence-electron chi connectivity index (χ3n) is 1.68. The summed E-state index contributed by atoms with van der Waals surface area (Å²) in [7, 11) is 0. The second kappa shape index (κ2) is 7.95. The molecule has 0 aliphatic rings. The molecule has 2 nitrogen and oxygen atoms in total. The van der Waals surface area contributed by atoms with Gasteiger partial charge in [-0.3, -0.25) is 0 Å². The summed E-state index contributed by atoms with van der Waals surface area (Å²) in [5.41, 5.74) is 0. The van der Waals surface area contributed by atoms with E-state index in [2.05, 4.69) is 5.92 Å². The lowest BCUT2D eigenvalue weighted by Gasteiger charge is -2.27. The summed E-state index contributed by atoms with van der Waals surface area (Å²) in [4.78, 5) is 11.9. The molecule has 0 unspecified atom stereocenters. The van der Waals surface area contributed by atoms with Gasteiger partial charge in [-0.1, -0.05) is 13.8 Å². The van der Waals surface area contributed by atoms with Crippen LogP contribution in [0.15, 0.2) is 0 Å². The standard InChI is InChI=1S/C11H18O2S2/c1-5-9-11(14-7-3,15-8-4)10(12)13-6-2/h1H,6-9H2,2-4H3. The van der Waals surface area contributed by atoms with Crippen LogP contribution in [0.25, 0.3) is 0 Å². The molecule has 86 valence electrons. The molecule has 0 saturated heterocycles. The van der Waals surface area contributed by atoms with E-state index in [0.29, 0.717) is 13.0 Å². The molecule has 0 N–H and O–H groups in total. The van der Waals surface area contributed by atoms with Crippen molar-refractivity contribution in [2.24, 2.45) is 0 Å². The second-order valence-corrected chi connectivity index (χ2v) is 6.10. The molecule has 0 amide bonds. The van der Waals surface area contributed by atoms with Gasteiger partial charge < -0.3 is 4.74 Å². The largest absolute Gasteiger partial charge is 0.464 e. The first-order chi connectivity index (χ1) is 7.16. The Hall–Kier alpha value is -0.270. The van der Waals surface area contributed by atoms with Crippen molar-refractivity contribution in [3.63, 3.8) is 0 Å². The Balaban J connectivity index is 4.75. The molecule has 0 heterocycles. The van der Waals surface area contributed by atoms with E-state index in [1.807, 2.05) is 20.8 Å². The molecule has 0 saturated carbocycles. The molecular formula is C11H18O2S2. The van der Waals surface area contributed by atoms with Crippen LogP contribution in [-0.4, -0.2) is 28.2 Å². The number of hydrogen-bond acceptors (Lipinski definition) is 4. The minimum absolute atomic E-state index is 0.193. The molecule has 0 bridgehead atoms. The molecule has 0 aliphatic carbocycles. The van der Waals surface area contributed by atoms with Crippen molar-refractivity contribution >= 4 is 29.5 Å². The zero-order valence-corrected chi connectivity index (χ0v) is 11.2. The van der Waals surface area contributed by atoms with Gasteiger partial charge >= 0.3 is 5.97 Å². The van der Waals surface area contributed by atoms with E-state index in [4.69, 9.17) is 11.2 Å². The normalized spacial score (nSPS) is 10.8. The Morgan fingerprint density at radius 3 is 2.20 bits per heavy atom. The van der Waals surface area contributed by atoms with Crippen LogP contribution < -0.4 is 0 Å². The summed E-state index contributed by atoms with van der Waals surface area (Å²) in [6.07, 6.45) is 5.74. The van der Waals surface area contributed by atoms with Crippen LogP contribution in [0.1, 0.15) is 27.2 Å².